The van der Waals surface area contributed by atoms with Gasteiger partial charge in [-0.15, -0.1) is 0 Å². The smallest absolute Gasteiger partial charge is 0.337 e. The van der Waals surface area contributed by atoms with Crippen molar-refractivity contribution in [1.82, 2.24) is 14.8 Å². The van der Waals surface area contributed by atoms with Crippen LogP contribution in [-0.4, -0.2) is 27.8 Å². The molecule has 1 N–H and O–H groups in total. The number of aromatic nitrogens is 3. The van der Waals surface area contributed by atoms with Crippen molar-refractivity contribution in [2.75, 3.05) is 12.4 Å². The second-order valence-electron chi connectivity index (χ2n) is 4.90. The first-order valence-corrected chi connectivity index (χ1v) is 7.13. The van der Waals surface area contributed by atoms with Gasteiger partial charge in [-0.3, -0.25) is 0 Å². The highest BCUT2D eigenvalue weighted by Gasteiger charge is 2.05. The molecule has 0 saturated heterocycles. The van der Waals surface area contributed by atoms with Crippen LogP contribution in [0.2, 0.25) is 0 Å². The minimum atomic E-state index is -0.332. The van der Waals surface area contributed by atoms with Gasteiger partial charge >= 0.3 is 5.97 Å². The van der Waals surface area contributed by atoms with Gasteiger partial charge in [0.05, 0.1) is 30.8 Å². The van der Waals surface area contributed by atoms with Gasteiger partial charge in [0.1, 0.15) is 0 Å². The third-order valence-electron chi connectivity index (χ3n) is 3.34. The van der Waals surface area contributed by atoms with Crippen LogP contribution < -0.4 is 5.32 Å². The fraction of sp³-hybridized carbons (Fsp3) is 0.118. The fourth-order valence-corrected chi connectivity index (χ4v) is 2.11. The quantitative estimate of drug-likeness (QED) is 0.734. The van der Waals surface area contributed by atoms with E-state index in [9.17, 15) is 4.79 Å². The van der Waals surface area contributed by atoms with E-state index < -0.39 is 0 Å². The molecule has 0 bridgehead atoms. The Morgan fingerprint density at radius 2 is 2.04 bits per heavy atom. The summed E-state index contributed by atoms with van der Waals surface area (Å²) in [6.07, 6.45) is 5.36. The van der Waals surface area contributed by atoms with Crippen LogP contribution in [-0.2, 0) is 11.3 Å². The van der Waals surface area contributed by atoms with E-state index in [0.717, 1.165) is 17.1 Å². The van der Waals surface area contributed by atoms with Gasteiger partial charge in [-0.25, -0.2) is 14.5 Å². The summed E-state index contributed by atoms with van der Waals surface area (Å²) in [5.41, 5.74) is 2.50. The van der Waals surface area contributed by atoms with E-state index in [1.165, 1.54) is 7.11 Å². The summed E-state index contributed by atoms with van der Waals surface area (Å²) in [6, 6.07) is 13.0. The molecule has 2 aromatic heterocycles. The topological polar surface area (TPSA) is 69.0 Å². The highest BCUT2D eigenvalue weighted by atomic mass is 16.5. The second-order valence-corrected chi connectivity index (χ2v) is 4.90. The molecule has 6 nitrogen and oxygen atoms in total. The van der Waals surface area contributed by atoms with Crippen LogP contribution in [0.1, 0.15) is 15.9 Å². The lowest BCUT2D eigenvalue weighted by Gasteiger charge is -2.05. The summed E-state index contributed by atoms with van der Waals surface area (Å²) in [7, 11) is 1.37. The van der Waals surface area contributed by atoms with Gasteiger partial charge in [0.25, 0.3) is 0 Å². The lowest BCUT2D eigenvalue weighted by Crippen LogP contribution is -2.02. The Morgan fingerprint density at radius 3 is 2.74 bits per heavy atom. The van der Waals surface area contributed by atoms with Crippen LogP contribution >= 0.6 is 0 Å². The monoisotopic (exact) mass is 308 g/mol. The van der Waals surface area contributed by atoms with Crippen molar-refractivity contribution < 1.29 is 9.53 Å². The number of pyridine rings is 1. The maximum absolute atomic E-state index is 11.4. The second kappa shape index (κ2) is 6.74. The van der Waals surface area contributed by atoms with Gasteiger partial charge < -0.3 is 10.1 Å². The van der Waals surface area contributed by atoms with Crippen molar-refractivity contribution in [3.05, 3.63) is 72.2 Å². The minimum Gasteiger partial charge on any atom is -0.465 e. The molecule has 0 atom stereocenters. The summed E-state index contributed by atoms with van der Waals surface area (Å²) in [5, 5.41) is 7.56. The number of ether oxygens (including phenoxy) is 1. The lowest BCUT2D eigenvalue weighted by molar-refractivity contribution is 0.0600. The van der Waals surface area contributed by atoms with Crippen molar-refractivity contribution in [2.45, 2.75) is 6.54 Å². The molecular weight excluding hydrogens is 292 g/mol. The zero-order valence-electron chi connectivity index (χ0n) is 12.6. The fourth-order valence-electron chi connectivity index (χ4n) is 2.11. The first-order chi connectivity index (χ1) is 11.3. The molecule has 3 aromatic rings. The number of carbonyl (C=O) groups excluding carboxylic acids is 1. The number of hydrogen-bond acceptors (Lipinski definition) is 5. The molecule has 1 aromatic carbocycles. The van der Waals surface area contributed by atoms with E-state index in [0.29, 0.717) is 12.1 Å². The van der Waals surface area contributed by atoms with Crippen LogP contribution in [0.25, 0.3) is 5.82 Å². The number of benzene rings is 1. The Hall–Kier alpha value is -3.15. The molecule has 116 valence electrons. The summed E-state index contributed by atoms with van der Waals surface area (Å²) in [5.74, 6) is 0.434. The molecule has 0 spiro atoms. The number of esters is 1. The largest absolute Gasteiger partial charge is 0.465 e. The molecule has 23 heavy (non-hydrogen) atoms. The Bertz CT molecular complexity index is 782. The molecule has 6 heteroatoms. The van der Waals surface area contributed by atoms with Gasteiger partial charge in [0.2, 0.25) is 0 Å². The Balaban J connectivity index is 1.63. The van der Waals surface area contributed by atoms with Crippen LogP contribution in [0.3, 0.4) is 0 Å². The Kier molecular flexibility index (Phi) is 4.33. The zero-order valence-corrected chi connectivity index (χ0v) is 12.6. The molecular formula is C17H16N4O2. The van der Waals surface area contributed by atoms with E-state index in [1.54, 1.807) is 29.2 Å². The average Bonchev–Trinajstić information content (AvgIpc) is 3.09. The molecule has 3 rings (SSSR count). The number of nitrogens with one attached hydrogen (secondary N) is 1. The highest BCUT2D eigenvalue weighted by molar-refractivity contribution is 5.89. The molecule has 0 aliphatic carbocycles. The summed E-state index contributed by atoms with van der Waals surface area (Å²) in [4.78, 5) is 15.6. The predicted octanol–water partition coefficient (Wildman–Crippen LogP) is 2.67. The molecule has 0 unspecified atom stereocenters. The Morgan fingerprint density at radius 1 is 1.22 bits per heavy atom. The minimum absolute atomic E-state index is 0.332. The van der Waals surface area contributed by atoms with E-state index in [1.807, 2.05) is 36.5 Å². The van der Waals surface area contributed by atoms with E-state index in [4.69, 9.17) is 0 Å². The number of hydrogen-bond donors (Lipinski definition) is 1. The average molecular weight is 308 g/mol. The molecule has 2 heterocycles. The van der Waals surface area contributed by atoms with Gasteiger partial charge in [-0.1, -0.05) is 18.2 Å². The van der Waals surface area contributed by atoms with Crippen LogP contribution in [0, 0.1) is 0 Å². The predicted molar refractivity (Wildman–Crippen MR) is 86.5 cm³/mol. The van der Waals surface area contributed by atoms with Gasteiger partial charge in [-0.05, 0) is 29.8 Å². The van der Waals surface area contributed by atoms with Crippen molar-refractivity contribution in [1.29, 1.82) is 0 Å². The molecule has 0 amide bonds. The molecule has 0 radical (unpaired) electrons. The maximum Gasteiger partial charge on any atom is 0.337 e. The highest BCUT2D eigenvalue weighted by Crippen LogP contribution is 2.12. The number of methoxy groups -OCH3 is 1. The van der Waals surface area contributed by atoms with Crippen LogP contribution in [0.5, 0.6) is 0 Å². The van der Waals surface area contributed by atoms with Gasteiger partial charge in [-0.2, -0.15) is 5.10 Å². The summed E-state index contributed by atoms with van der Waals surface area (Å²) < 4.78 is 6.39. The molecule has 0 aliphatic heterocycles. The molecule has 0 aliphatic rings. The van der Waals surface area contributed by atoms with Gasteiger partial charge in [0, 0.05) is 12.7 Å². The van der Waals surface area contributed by atoms with E-state index >= 15 is 0 Å². The van der Waals surface area contributed by atoms with E-state index in [2.05, 4.69) is 20.1 Å². The summed E-state index contributed by atoms with van der Waals surface area (Å²) in [6.45, 7) is 0.634. The first-order valence-electron chi connectivity index (χ1n) is 7.13. The molecule has 0 fully saturated rings. The third kappa shape index (κ3) is 3.55. The SMILES string of the molecule is COC(=O)c1ccc(CNc2cnn(-c3ccccn3)c2)cc1. The zero-order chi connectivity index (χ0) is 16.1. The number of nitrogens with zero attached hydrogens (tertiary/aromatic N) is 3. The normalized spacial score (nSPS) is 10.3. The molecule has 0 saturated carbocycles. The summed E-state index contributed by atoms with van der Waals surface area (Å²) >= 11 is 0. The number of anilines is 1. The van der Waals surface area contributed by atoms with Crippen LogP contribution in [0.15, 0.2) is 61.1 Å². The lowest BCUT2D eigenvalue weighted by atomic mass is 10.1. The third-order valence-corrected chi connectivity index (χ3v) is 3.34. The van der Waals surface area contributed by atoms with Crippen molar-refractivity contribution >= 4 is 11.7 Å². The maximum atomic E-state index is 11.4. The number of carbonyl (C=O) groups is 1. The van der Waals surface area contributed by atoms with Crippen LogP contribution in [0.4, 0.5) is 5.69 Å². The van der Waals surface area contributed by atoms with Gasteiger partial charge in [0.15, 0.2) is 5.82 Å². The Labute approximate surface area is 133 Å². The van der Waals surface area contributed by atoms with Crippen molar-refractivity contribution in [3.63, 3.8) is 0 Å². The van der Waals surface area contributed by atoms with E-state index in [-0.39, 0.29) is 5.97 Å². The standard InChI is InChI=1S/C17H16N4O2/c1-23-17(22)14-7-5-13(6-8-14)10-19-15-11-20-21(12-15)16-4-2-3-9-18-16/h2-9,11-12,19H,10H2,1H3. The van der Waals surface area contributed by atoms with Crippen molar-refractivity contribution in [2.24, 2.45) is 0 Å². The first kappa shape index (κ1) is 14.8. The van der Waals surface area contributed by atoms with Crippen molar-refractivity contribution in [3.8, 4) is 5.82 Å². The number of rotatable bonds is 5.